The van der Waals surface area contributed by atoms with Gasteiger partial charge in [0.15, 0.2) is 0 Å². The van der Waals surface area contributed by atoms with Crippen molar-refractivity contribution in [1.82, 2.24) is 5.32 Å². The quantitative estimate of drug-likeness (QED) is 0.611. The zero-order chi connectivity index (χ0) is 5.98. The summed E-state index contributed by atoms with van der Waals surface area (Å²) in [5.74, 6) is 0. The topological polar surface area (TPSA) is 12.0 Å². The molecule has 2 unspecified atom stereocenters. The van der Waals surface area contributed by atoms with Crippen LogP contribution < -0.4 is 5.32 Å². The number of nitrogens with one attached hydrogen (secondary N) is 1. The van der Waals surface area contributed by atoms with Crippen LogP contribution >= 0.6 is 0 Å². The van der Waals surface area contributed by atoms with Gasteiger partial charge < -0.3 is 5.32 Å². The Hall–Kier alpha value is 0.700. The molecule has 9 heavy (non-hydrogen) atoms. The molecule has 59 valence electrons. The molecule has 0 amide bonds. The summed E-state index contributed by atoms with van der Waals surface area (Å²) in [5, 5.41) is 3.48. The molecule has 2 atom stereocenters. The van der Waals surface area contributed by atoms with E-state index in [0.717, 1.165) is 12.1 Å². The average Bonchev–Trinajstić information content (AvgIpc) is 1.64. The van der Waals surface area contributed by atoms with Gasteiger partial charge in [-0.3, -0.25) is 0 Å². The van der Waals surface area contributed by atoms with E-state index in [1.165, 1.54) is 19.3 Å². The fourth-order valence-electron chi connectivity index (χ4n) is 1.38. The molecule has 1 radical (unpaired) electrons. The van der Waals surface area contributed by atoms with Gasteiger partial charge in [-0.1, -0.05) is 6.42 Å². The van der Waals surface area contributed by atoms with Crippen LogP contribution in [-0.4, -0.2) is 12.1 Å². The summed E-state index contributed by atoms with van der Waals surface area (Å²) in [4.78, 5) is 0. The first-order valence-electron chi connectivity index (χ1n) is 3.55. The van der Waals surface area contributed by atoms with Crippen LogP contribution in [0.2, 0.25) is 0 Å². The van der Waals surface area contributed by atoms with Crippen LogP contribution in [0.3, 0.4) is 0 Å². The minimum Gasteiger partial charge on any atom is -0.312 e. The maximum atomic E-state index is 3.48. The van der Waals surface area contributed by atoms with Crippen molar-refractivity contribution in [3.63, 3.8) is 0 Å². The van der Waals surface area contributed by atoms with E-state index in [2.05, 4.69) is 19.2 Å². The molecule has 1 fully saturated rings. The molecule has 0 aromatic carbocycles. The van der Waals surface area contributed by atoms with E-state index in [4.69, 9.17) is 0 Å². The van der Waals surface area contributed by atoms with E-state index in [-0.39, 0.29) is 22.4 Å². The largest absolute Gasteiger partial charge is 0.312 e. The molecular weight excluding hydrogens is 206 g/mol. The van der Waals surface area contributed by atoms with Crippen molar-refractivity contribution >= 4 is 0 Å². The molecule has 0 aromatic heterocycles. The summed E-state index contributed by atoms with van der Waals surface area (Å²) in [5.41, 5.74) is 0. The third-order valence-corrected chi connectivity index (χ3v) is 1.84. The monoisotopic (exact) mass is 220 g/mol. The second-order valence-electron chi connectivity index (χ2n) is 2.90. The van der Waals surface area contributed by atoms with Crippen molar-refractivity contribution in [3.8, 4) is 0 Å². The zero-order valence-electron chi connectivity index (χ0n) is 6.08. The van der Waals surface area contributed by atoms with Gasteiger partial charge in [-0.25, -0.2) is 0 Å². The third-order valence-electron chi connectivity index (χ3n) is 1.84. The molecule has 0 bridgehead atoms. The van der Waals surface area contributed by atoms with Gasteiger partial charge in [0, 0.05) is 34.5 Å². The summed E-state index contributed by atoms with van der Waals surface area (Å²) in [7, 11) is 0. The number of hydrogen-bond acceptors (Lipinski definition) is 1. The first-order chi connectivity index (χ1) is 3.79. The van der Waals surface area contributed by atoms with Crippen LogP contribution in [0.1, 0.15) is 33.1 Å². The van der Waals surface area contributed by atoms with Crippen LogP contribution in [0.5, 0.6) is 0 Å². The third kappa shape index (κ3) is 3.41. The minimum absolute atomic E-state index is 0. The Kier molecular flexibility index (Phi) is 4.86. The molecular formula is C7H15AgN. The summed E-state index contributed by atoms with van der Waals surface area (Å²) in [6, 6.07) is 1.53. The van der Waals surface area contributed by atoms with Gasteiger partial charge in [0.05, 0.1) is 0 Å². The first-order valence-corrected chi connectivity index (χ1v) is 3.55. The van der Waals surface area contributed by atoms with Crippen molar-refractivity contribution in [3.05, 3.63) is 0 Å². The molecule has 2 heteroatoms. The summed E-state index contributed by atoms with van der Waals surface area (Å²) >= 11 is 0. The van der Waals surface area contributed by atoms with Crippen LogP contribution in [-0.2, 0) is 22.4 Å². The smallest absolute Gasteiger partial charge is 0.00412 e. The van der Waals surface area contributed by atoms with Gasteiger partial charge >= 0.3 is 0 Å². The SMILES string of the molecule is CC1CCCC(C)N1.[Ag]. The van der Waals surface area contributed by atoms with E-state index in [1.807, 2.05) is 0 Å². The molecule has 1 rings (SSSR count). The van der Waals surface area contributed by atoms with Crippen molar-refractivity contribution in [2.24, 2.45) is 0 Å². The Labute approximate surface area is 73.1 Å². The Bertz CT molecular complexity index is 67.3. The van der Waals surface area contributed by atoms with Gasteiger partial charge in [-0.2, -0.15) is 0 Å². The summed E-state index contributed by atoms with van der Waals surface area (Å²) in [6.45, 7) is 4.52. The summed E-state index contributed by atoms with van der Waals surface area (Å²) < 4.78 is 0. The first kappa shape index (κ1) is 9.70. The summed E-state index contributed by atoms with van der Waals surface area (Å²) in [6.07, 6.45) is 4.14. The predicted molar refractivity (Wildman–Crippen MR) is 35.9 cm³/mol. The van der Waals surface area contributed by atoms with E-state index in [9.17, 15) is 0 Å². The number of rotatable bonds is 0. The van der Waals surface area contributed by atoms with Gasteiger partial charge in [0.2, 0.25) is 0 Å². The molecule has 1 aliphatic rings. The van der Waals surface area contributed by atoms with Crippen LogP contribution in [0.4, 0.5) is 0 Å². The van der Waals surface area contributed by atoms with Crippen molar-refractivity contribution in [1.29, 1.82) is 0 Å². The second kappa shape index (κ2) is 4.51. The van der Waals surface area contributed by atoms with Gasteiger partial charge in [0.1, 0.15) is 0 Å². The fourth-order valence-corrected chi connectivity index (χ4v) is 1.38. The van der Waals surface area contributed by atoms with Gasteiger partial charge in [0.25, 0.3) is 0 Å². The number of piperidine rings is 1. The molecule has 0 aromatic rings. The van der Waals surface area contributed by atoms with E-state index in [0.29, 0.717) is 0 Å². The maximum absolute atomic E-state index is 3.48. The Balaban J connectivity index is 0.000000640. The molecule has 1 N–H and O–H groups in total. The van der Waals surface area contributed by atoms with Gasteiger partial charge in [-0.15, -0.1) is 0 Å². The van der Waals surface area contributed by atoms with Crippen molar-refractivity contribution in [2.45, 2.75) is 45.2 Å². The van der Waals surface area contributed by atoms with E-state index in [1.54, 1.807) is 0 Å². The van der Waals surface area contributed by atoms with Gasteiger partial charge in [-0.05, 0) is 26.7 Å². The standard InChI is InChI=1S/C7H15N.Ag/c1-6-4-3-5-7(2)8-6;/h6-8H,3-5H2,1-2H3;. The Morgan fingerprint density at radius 1 is 1.11 bits per heavy atom. The predicted octanol–water partition coefficient (Wildman–Crippen LogP) is 1.53. The Morgan fingerprint density at radius 3 is 1.78 bits per heavy atom. The maximum Gasteiger partial charge on any atom is 0.00412 e. The molecule has 1 nitrogen and oxygen atoms in total. The minimum atomic E-state index is 0. The molecule has 0 saturated carbocycles. The molecule has 1 saturated heterocycles. The van der Waals surface area contributed by atoms with E-state index < -0.39 is 0 Å². The normalized spacial score (nSPS) is 35.3. The van der Waals surface area contributed by atoms with Crippen LogP contribution in [0.15, 0.2) is 0 Å². The Morgan fingerprint density at radius 2 is 1.56 bits per heavy atom. The van der Waals surface area contributed by atoms with E-state index >= 15 is 0 Å². The molecule has 1 heterocycles. The van der Waals surface area contributed by atoms with Crippen molar-refractivity contribution in [2.75, 3.05) is 0 Å². The molecule has 1 aliphatic heterocycles. The van der Waals surface area contributed by atoms with Crippen molar-refractivity contribution < 1.29 is 22.4 Å². The fraction of sp³-hybridized carbons (Fsp3) is 1.00. The zero-order valence-corrected chi connectivity index (χ0v) is 7.56. The van der Waals surface area contributed by atoms with Crippen LogP contribution in [0.25, 0.3) is 0 Å². The average molecular weight is 221 g/mol. The molecule has 0 spiro atoms. The van der Waals surface area contributed by atoms with Crippen LogP contribution in [0, 0.1) is 0 Å². The second-order valence-corrected chi connectivity index (χ2v) is 2.90. The number of hydrogen-bond donors (Lipinski definition) is 1. The molecule has 0 aliphatic carbocycles.